The highest BCUT2D eigenvalue weighted by Gasteiger charge is 2.26. The van der Waals surface area contributed by atoms with E-state index >= 15 is 0 Å². The maximum atomic E-state index is 12.2. The lowest BCUT2D eigenvalue weighted by Crippen LogP contribution is -2.50. The number of benzene rings is 1. The van der Waals surface area contributed by atoms with Gasteiger partial charge >= 0.3 is 5.76 Å². The van der Waals surface area contributed by atoms with Gasteiger partial charge in [-0.15, -0.1) is 0 Å². The number of halogens is 2. The lowest BCUT2D eigenvalue weighted by Gasteiger charge is -2.27. The summed E-state index contributed by atoms with van der Waals surface area (Å²) in [4.78, 5) is -0.397. The van der Waals surface area contributed by atoms with Crippen LogP contribution in [0.3, 0.4) is 0 Å². The number of hydrogen-bond acceptors (Lipinski definition) is 4. The van der Waals surface area contributed by atoms with Gasteiger partial charge in [-0.2, -0.15) is 8.78 Å². The van der Waals surface area contributed by atoms with Gasteiger partial charge in [0.15, 0.2) is 0 Å². The lowest BCUT2D eigenvalue weighted by molar-refractivity contribution is 0.142. The highest BCUT2D eigenvalue weighted by molar-refractivity contribution is 7.91. The standard InChI is InChI=1S/C10H11F2NO3S/c11-10(12)17(14,15)9-3-1-7(2-4-9)16-8-5-13-6-8/h1-4,8,10,13H,5-6H2. The van der Waals surface area contributed by atoms with E-state index in [9.17, 15) is 17.2 Å². The molecule has 0 spiro atoms. The van der Waals surface area contributed by atoms with Crippen LogP contribution < -0.4 is 10.1 Å². The van der Waals surface area contributed by atoms with Crippen molar-refractivity contribution in [2.75, 3.05) is 13.1 Å². The van der Waals surface area contributed by atoms with Gasteiger partial charge in [0.1, 0.15) is 11.9 Å². The van der Waals surface area contributed by atoms with Gasteiger partial charge in [-0.25, -0.2) is 8.42 Å². The van der Waals surface area contributed by atoms with Gasteiger partial charge in [-0.1, -0.05) is 0 Å². The molecule has 0 unspecified atom stereocenters. The molecule has 1 saturated heterocycles. The van der Waals surface area contributed by atoms with Crippen LogP contribution in [0.25, 0.3) is 0 Å². The smallest absolute Gasteiger partial charge is 0.341 e. The number of rotatable bonds is 4. The predicted octanol–water partition coefficient (Wildman–Crippen LogP) is 1.03. The fourth-order valence-electron chi connectivity index (χ4n) is 1.35. The zero-order valence-corrected chi connectivity index (χ0v) is 9.58. The quantitative estimate of drug-likeness (QED) is 0.881. The van der Waals surface area contributed by atoms with E-state index in [2.05, 4.69) is 5.32 Å². The van der Waals surface area contributed by atoms with Crippen molar-refractivity contribution in [3.05, 3.63) is 24.3 Å². The van der Waals surface area contributed by atoms with Gasteiger partial charge in [-0.3, -0.25) is 0 Å². The first-order valence-corrected chi connectivity index (χ1v) is 6.54. The zero-order valence-electron chi connectivity index (χ0n) is 8.77. The van der Waals surface area contributed by atoms with Gasteiger partial charge in [-0.05, 0) is 24.3 Å². The molecule has 0 saturated carbocycles. The average Bonchev–Trinajstić information content (AvgIpc) is 2.24. The summed E-state index contributed by atoms with van der Waals surface area (Å²) in [5.41, 5.74) is 0. The summed E-state index contributed by atoms with van der Waals surface area (Å²) in [6.07, 6.45) is 0.0626. The van der Waals surface area contributed by atoms with E-state index in [-0.39, 0.29) is 6.10 Å². The molecule has 0 bridgehead atoms. The van der Waals surface area contributed by atoms with Crippen molar-refractivity contribution in [3.8, 4) is 5.75 Å². The van der Waals surface area contributed by atoms with Crippen molar-refractivity contribution in [2.45, 2.75) is 16.8 Å². The van der Waals surface area contributed by atoms with Crippen molar-refractivity contribution in [1.29, 1.82) is 0 Å². The molecule has 0 aliphatic carbocycles. The molecule has 1 aliphatic rings. The van der Waals surface area contributed by atoms with Crippen LogP contribution in [-0.4, -0.2) is 33.4 Å². The minimum atomic E-state index is -4.51. The van der Waals surface area contributed by atoms with Crippen LogP contribution in [0.15, 0.2) is 29.2 Å². The molecule has 0 atom stereocenters. The molecule has 0 amide bonds. The molecule has 1 heterocycles. The highest BCUT2D eigenvalue weighted by atomic mass is 32.2. The first kappa shape index (κ1) is 12.3. The number of hydrogen-bond donors (Lipinski definition) is 1. The summed E-state index contributed by atoms with van der Waals surface area (Å²) >= 11 is 0. The third-order valence-corrected chi connectivity index (χ3v) is 3.83. The van der Waals surface area contributed by atoms with Crippen LogP contribution >= 0.6 is 0 Å². The molecule has 2 rings (SSSR count). The van der Waals surface area contributed by atoms with Crippen molar-refractivity contribution in [3.63, 3.8) is 0 Å². The molecule has 0 aromatic heterocycles. The minimum absolute atomic E-state index is 0.0626. The second-order valence-corrected chi connectivity index (χ2v) is 5.59. The first-order valence-electron chi connectivity index (χ1n) is 4.99. The van der Waals surface area contributed by atoms with E-state index in [4.69, 9.17) is 4.74 Å². The monoisotopic (exact) mass is 263 g/mol. The maximum absolute atomic E-state index is 12.2. The Morgan fingerprint density at radius 2 is 1.82 bits per heavy atom. The first-order chi connectivity index (χ1) is 8.00. The summed E-state index contributed by atoms with van der Waals surface area (Å²) in [5.74, 6) is -2.92. The summed E-state index contributed by atoms with van der Waals surface area (Å²) in [7, 11) is -4.51. The molecular formula is C10H11F2NO3S. The lowest BCUT2D eigenvalue weighted by atomic mass is 10.2. The third kappa shape index (κ3) is 2.55. The Kier molecular flexibility index (Phi) is 3.30. The Bertz CT molecular complexity index is 483. The van der Waals surface area contributed by atoms with E-state index in [1.54, 1.807) is 0 Å². The fourth-order valence-corrected chi connectivity index (χ4v) is 2.07. The summed E-state index contributed by atoms with van der Waals surface area (Å²) < 4.78 is 52.2. The topological polar surface area (TPSA) is 55.4 Å². The van der Waals surface area contributed by atoms with E-state index < -0.39 is 20.5 Å². The molecule has 1 aromatic rings. The van der Waals surface area contributed by atoms with Crippen LogP contribution in [0.5, 0.6) is 5.75 Å². The summed E-state index contributed by atoms with van der Waals surface area (Å²) in [5, 5.41) is 3.01. The van der Waals surface area contributed by atoms with Gasteiger partial charge < -0.3 is 10.1 Å². The largest absolute Gasteiger partial charge is 0.488 e. The van der Waals surface area contributed by atoms with Crippen molar-refractivity contribution < 1.29 is 21.9 Å². The van der Waals surface area contributed by atoms with Crippen molar-refractivity contribution in [2.24, 2.45) is 0 Å². The van der Waals surface area contributed by atoms with Crippen molar-refractivity contribution >= 4 is 9.84 Å². The number of alkyl halides is 2. The Hall–Kier alpha value is -1.21. The molecule has 94 valence electrons. The van der Waals surface area contributed by atoms with Gasteiger partial charge in [0.05, 0.1) is 4.90 Å². The van der Waals surface area contributed by atoms with Crippen LogP contribution in [0, 0.1) is 0 Å². The van der Waals surface area contributed by atoms with Crippen LogP contribution in [0.4, 0.5) is 8.78 Å². The third-order valence-electron chi connectivity index (χ3n) is 2.43. The molecule has 1 aromatic carbocycles. The van der Waals surface area contributed by atoms with Gasteiger partial charge in [0.25, 0.3) is 0 Å². The van der Waals surface area contributed by atoms with E-state index in [1.165, 1.54) is 12.1 Å². The number of ether oxygens (including phenoxy) is 1. The van der Waals surface area contributed by atoms with E-state index in [1.807, 2.05) is 0 Å². The Balaban J connectivity index is 2.12. The highest BCUT2D eigenvalue weighted by Crippen LogP contribution is 2.22. The van der Waals surface area contributed by atoms with Crippen LogP contribution in [0.1, 0.15) is 0 Å². The van der Waals surface area contributed by atoms with Gasteiger partial charge in [0, 0.05) is 13.1 Å². The van der Waals surface area contributed by atoms with Crippen molar-refractivity contribution in [1.82, 2.24) is 5.32 Å². The Labute approximate surface area is 97.5 Å². The molecular weight excluding hydrogens is 252 g/mol. The minimum Gasteiger partial charge on any atom is -0.488 e. The van der Waals surface area contributed by atoms with Crippen LogP contribution in [-0.2, 0) is 9.84 Å². The zero-order chi connectivity index (χ0) is 12.5. The maximum Gasteiger partial charge on any atom is 0.341 e. The summed E-state index contributed by atoms with van der Waals surface area (Å²) in [6, 6.07) is 5.02. The molecule has 1 N–H and O–H groups in total. The SMILES string of the molecule is O=S(=O)(c1ccc(OC2CNC2)cc1)C(F)F. The summed E-state index contributed by atoms with van der Waals surface area (Å²) in [6.45, 7) is 1.47. The second-order valence-electron chi connectivity index (χ2n) is 3.68. The van der Waals surface area contributed by atoms with E-state index in [0.29, 0.717) is 5.75 Å². The number of nitrogens with one attached hydrogen (secondary N) is 1. The van der Waals surface area contributed by atoms with Crippen LogP contribution in [0.2, 0.25) is 0 Å². The molecule has 1 aliphatic heterocycles. The molecule has 1 fully saturated rings. The fraction of sp³-hybridized carbons (Fsp3) is 0.400. The predicted molar refractivity (Wildman–Crippen MR) is 56.9 cm³/mol. The molecule has 4 nitrogen and oxygen atoms in total. The second kappa shape index (κ2) is 4.58. The number of sulfone groups is 1. The van der Waals surface area contributed by atoms with E-state index in [0.717, 1.165) is 25.2 Å². The molecule has 17 heavy (non-hydrogen) atoms. The Morgan fingerprint density at radius 1 is 1.24 bits per heavy atom. The normalized spacial score (nSPS) is 16.9. The molecule has 7 heteroatoms. The molecule has 0 radical (unpaired) electrons. The van der Waals surface area contributed by atoms with Gasteiger partial charge in [0.2, 0.25) is 9.84 Å². The Morgan fingerprint density at radius 3 is 2.24 bits per heavy atom. The average molecular weight is 263 g/mol.